The number of thioether (sulfide) groups is 2. The van der Waals surface area contributed by atoms with Gasteiger partial charge in [0.1, 0.15) is 10.1 Å². The summed E-state index contributed by atoms with van der Waals surface area (Å²) < 4.78 is 12.6. The Morgan fingerprint density at radius 2 is 2.04 bits per heavy atom. The van der Waals surface area contributed by atoms with Gasteiger partial charge in [0.05, 0.1) is 18.2 Å². The van der Waals surface area contributed by atoms with Crippen LogP contribution in [0.15, 0.2) is 57.6 Å². The van der Waals surface area contributed by atoms with Crippen molar-refractivity contribution in [3.63, 3.8) is 0 Å². The summed E-state index contributed by atoms with van der Waals surface area (Å²) in [4.78, 5) is 16.8. The summed E-state index contributed by atoms with van der Waals surface area (Å²) in [7, 11) is 1.59. The maximum Gasteiger partial charge on any atom is 0.244 e. The number of hydrogen-bond acceptors (Lipinski definition) is 6. The smallest absolute Gasteiger partial charge is 0.244 e. The van der Waals surface area contributed by atoms with Gasteiger partial charge in [-0.05, 0) is 64.0 Å². The lowest BCUT2D eigenvalue weighted by Crippen LogP contribution is -1.97. The minimum Gasteiger partial charge on any atom is -0.493 e. The van der Waals surface area contributed by atoms with Gasteiger partial charge in [0.25, 0.3) is 0 Å². The Balaban J connectivity index is 1.78. The highest BCUT2D eigenvalue weighted by Gasteiger charge is 2.23. The number of aliphatic imine (C=N–C) groups is 1. The first-order chi connectivity index (χ1) is 13.1. The molecule has 0 aliphatic carbocycles. The maximum atomic E-state index is 12.3. The Labute approximate surface area is 175 Å². The molecule has 0 radical (unpaired) electrons. The van der Waals surface area contributed by atoms with Gasteiger partial charge in [0.2, 0.25) is 5.12 Å². The predicted molar refractivity (Wildman–Crippen MR) is 118 cm³/mol. The number of nitrogens with zero attached hydrogens (tertiary/aromatic N) is 1. The first-order valence-electron chi connectivity index (χ1n) is 8.30. The van der Waals surface area contributed by atoms with E-state index in [1.807, 2.05) is 37.3 Å². The molecule has 0 saturated heterocycles. The second-order valence-corrected chi connectivity index (χ2v) is 8.58. The van der Waals surface area contributed by atoms with Crippen LogP contribution in [0.1, 0.15) is 18.1 Å². The number of carbonyl (C=O) groups excluding carboxylic acids is 1. The van der Waals surface area contributed by atoms with Crippen LogP contribution >= 0.6 is 39.5 Å². The Kier molecular flexibility index (Phi) is 7.04. The average Bonchev–Trinajstić information content (AvgIpc) is 3.02. The van der Waals surface area contributed by atoms with E-state index in [0.717, 1.165) is 20.2 Å². The first-order valence-corrected chi connectivity index (χ1v) is 10.9. The second-order valence-electron chi connectivity index (χ2n) is 5.54. The molecule has 0 unspecified atom stereocenters. The molecule has 27 heavy (non-hydrogen) atoms. The molecule has 7 heteroatoms. The fourth-order valence-electron chi connectivity index (χ4n) is 2.44. The molecule has 0 aromatic heterocycles. The van der Waals surface area contributed by atoms with E-state index in [4.69, 9.17) is 9.47 Å². The summed E-state index contributed by atoms with van der Waals surface area (Å²) in [5.41, 5.74) is 2.47. The van der Waals surface area contributed by atoms with Crippen molar-refractivity contribution >= 4 is 55.0 Å². The lowest BCUT2D eigenvalue weighted by molar-refractivity contribution is -0.107. The third-order valence-corrected chi connectivity index (χ3v) is 6.32. The van der Waals surface area contributed by atoms with E-state index in [1.54, 1.807) is 24.9 Å². The quantitative estimate of drug-likeness (QED) is 0.509. The highest BCUT2D eigenvalue weighted by molar-refractivity contribution is 9.10. The molecule has 4 nitrogen and oxygen atoms in total. The molecule has 1 aliphatic rings. The zero-order valence-corrected chi connectivity index (χ0v) is 18.1. The number of methoxy groups -OCH3 is 1. The van der Waals surface area contributed by atoms with Crippen molar-refractivity contribution in [2.24, 2.45) is 4.99 Å². The Hall–Kier alpha value is -1.70. The van der Waals surface area contributed by atoms with E-state index in [9.17, 15) is 4.79 Å². The van der Waals surface area contributed by atoms with Gasteiger partial charge < -0.3 is 9.47 Å². The van der Waals surface area contributed by atoms with Crippen molar-refractivity contribution in [1.29, 1.82) is 0 Å². The van der Waals surface area contributed by atoms with Crippen LogP contribution in [-0.2, 0) is 10.5 Å². The fourth-order valence-corrected chi connectivity index (χ4v) is 4.81. The van der Waals surface area contributed by atoms with Crippen molar-refractivity contribution in [3.05, 3.63) is 63.8 Å². The molecule has 0 atom stereocenters. The van der Waals surface area contributed by atoms with E-state index >= 15 is 0 Å². The molecule has 3 rings (SSSR count). The highest BCUT2D eigenvalue weighted by Crippen LogP contribution is 2.38. The number of rotatable bonds is 6. The van der Waals surface area contributed by atoms with Crippen LogP contribution in [0.25, 0.3) is 6.08 Å². The number of carbonyl (C=O) groups is 1. The van der Waals surface area contributed by atoms with Crippen LogP contribution < -0.4 is 9.47 Å². The molecule has 2 aromatic rings. The van der Waals surface area contributed by atoms with E-state index < -0.39 is 0 Å². The molecule has 0 amide bonds. The van der Waals surface area contributed by atoms with Crippen molar-refractivity contribution in [1.82, 2.24) is 0 Å². The van der Waals surface area contributed by atoms with Crippen LogP contribution in [0.2, 0.25) is 0 Å². The van der Waals surface area contributed by atoms with Crippen molar-refractivity contribution in [3.8, 4) is 11.5 Å². The number of benzene rings is 2. The molecule has 2 aromatic carbocycles. The number of ether oxygens (including phenoxy) is 2. The zero-order chi connectivity index (χ0) is 19.2. The fraction of sp³-hybridized carbons (Fsp3) is 0.200. The number of hydrogen-bond donors (Lipinski definition) is 0. The monoisotopic (exact) mass is 463 g/mol. The summed E-state index contributed by atoms with van der Waals surface area (Å²) in [6.45, 7) is 2.45. The van der Waals surface area contributed by atoms with Crippen molar-refractivity contribution < 1.29 is 14.3 Å². The van der Waals surface area contributed by atoms with Gasteiger partial charge >= 0.3 is 0 Å². The van der Waals surface area contributed by atoms with Crippen LogP contribution in [-0.4, -0.2) is 23.2 Å². The lowest BCUT2D eigenvalue weighted by atomic mass is 10.1. The van der Waals surface area contributed by atoms with Gasteiger partial charge in [0.15, 0.2) is 11.5 Å². The topological polar surface area (TPSA) is 47.9 Å². The van der Waals surface area contributed by atoms with Crippen LogP contribution in [0.5, 0.6) is 11.5 Å². The molecular weight excluding hydrogens is 446 g/mol. The molecule has 1 heterocycles. The maximum absolute atomic E-state index is 12.3. The SMILES string of the molecule is CCOc1c(Br)cc(C=C2N=C(SCc3ccccc3)SC2=O)cc1OC. The molecule has 140 valence electrons. The van der Waals surface area contributed by atoms with Crippen LogP contribution in [0.3, 0.4) is 0 Å². The Morgan fingerprint density at radius 1 is 1.26 bits per heavy atom. The molecule has 0 fully saturated rings. The van der Waals surface area contributed by atoms with E-state index in [0.29, 0.717) is 23.8 Å². The summed E-state index contributed by atoms with van der Waals surface area (Å²) in [6.07, 6.45) is 1.77. The van der Waals surface area contributed by atoms with Gasteiger partial charge in [-0.15, -0.1) is 0 Å². The normalized spacial score (nSPS) is 15.1. The van der Waals surface area contributed by atoms with E-state index in [1.165, 1.54) is 17.3 Å². The van der Waals surface area contributed by atoms with E-state index in [-0.39, 0.29) is 5.12 Å². The summed E-state index contributed by atoms with van der Waals surface area (Å²) in [6, 6.07) is 13.9. The summed E-state index contributed by atoms with van der Waals surface area (Å²) in [5, 5.41) is -0.0467. The molecule has 0 N–H and O–H groups in total. The predicted octanol–water partition coefficient (Wildman–Crippen LogP) is 5.76. The largest absolute Gasteiger partial charge is 0.493 e. The average molecular weight is 464 g/mol. The van der Waals surface area contributed by atoms with Gasteiger partial charge in [0, 0.05) is 5.75 Å². The summed E-state index contributed by atoms with van der Waals surface area (Å²) >= 11 is 6.25. The van der Waals surface area contributed by atoms with E-state index in [2.05, 4.69) is 33.1 Å². The summed E-state index contributed by atoms with van der Waals surface area (Å²) in [5.74, 6) is 2.05. The lowest BCUT2D eigenvalue weighted by Gasteiger charge is -2.12. The molecule has 0 saturated carbocycles. The second kappa shape index (κ2) is 9.48. The molecule has 0 spiro atoms. The number of halogens is 1. The van der Waals surface area contributed by atoms with Crippen molar-refractivity contribution in [2.45, 2.75) is 12.7 Å². The van der Waals surface area contributed by atoms with Crippen LogP contribution in [0.4, 0.5) is 0 Å². The van der Waals surface area contributed by atoms with Gasteiger partial charge in [-0.3, -0.25) is 4.79 Å². The molecule has 0 bridgehead atoms. The standard InChI is InChI=1S/C20H18BrNO3S2/c1-3-25-18-15(21)9-14(11-17(18)24-2)10-16-19(23)27-20(22-16)26-12-13-7-5-4-6-8-13/h4-11H,3,12H2,1-2H3. The van der Waals surface area contributed by atoms with Crippen LogP contribution in [0, 0.1) is 0 Å². The Bertz CT molecular complexity index is 898. The first kappa shape index (κ1) is 20.0. The zero-order valence-electron chi connectivity index (χ0n) is 14.9. The highest BCUT2D eigenvalue weighted by atomic mass is 79.9. The molecule has 1 aliphatic heterocycles. The molecular formula is C20H18BrNO3S2. The minimum atomic E-state index is -0.0467. The van der Waals surface area contributed by atoms with Gasteiger partial charge in [-0.2, -0.15) is 0 Å². The van der Waals surface area contributed by atoms with Gasteiger partial charge in [-0.25, -0.2) is 4.99 Å². The van der Waals surface area contributed by atoms with Gasteiger partial charge in [-0.1, -0.05) is 42.1 Å². The van der Waals surface area contributed by atoms with Crippen molar-refractivity contribution in [2.75, 3.05) is 13.7 Å². The Morgan fingerprint density at radius 3 is 2.74 bits per heavy atom. The minimum absolute atomic E-state index is 0.0467. The third kappa shape index (κ3) is 5.18. The third-order valence-electron chi connectivity index (χ3n) is 3.65.